The summed E-state index contributed by atoms with van der Waals surface area (Å²) in [5.41, 5.74) is 3.92. The molecule has 0 fully saturated rings. The largest absolute Gasteiger partial charge is 0.464 e. The summed E-state index contributed by atoms with van der Waals surface area (Å²) in [7, 11) is 0. The van der Waals surface area contributed by atoms with Crippen LogP contribution in [0, 0.1) is 0 Å². The summed E-state index contributed by atoms with van der Waals surface area (Å²) in [5.74, 6) is 0. The van der Waals surface area contributed by atoms with E-state index >= 15 is 0 Å². The zero-order valence-corrected chi connectivity index (χ0v) is 13.4. The maximum atomic E-state index is 5.68. The normalized spacial score (nSPS) is 12.5. The van der Waals surface area contributed by atoms with Crippen LogP contribution >= 0.6 is 0 Å². The summed E-state index contributed by atoms with van der Waals surface area (Å²) in [6.45, 7) is 12.2. The lowest BCUT2D eigenvalue weighted by molar-refractivity contribution is 0.506. The molecule has 0 saturated heterocycles. The van der Waals surface area contributed by atoms with Gasteiger partial charge in [-0.3, -0.25) is 0 Å². The van der Waals surface area contributed by atoms with Gasteiger partial charge in [0.1, 0.15) is 5.58 Å². The van der Waals surface area contributed by atoms with Crippen LogP contribution in [0.25, 0.3) is 11.0 Å². The third-order valence-electron chi connectivity index (χ3n) is 4.27. The standard InChI is InChI=1S/C18H27NO/c1-6-18(4,5)15-7-8-17-16(11-15)14(12-20-17)9-10-19-13(2)3/h7-8,11-13,19H,6,9-10H2,1-5H3. The minimum atomic E-state index is 0.221. The van der Waals surface area contributed by atoms with E-state index < -0.39 is 0 Å². The van der Waals surface area contributed by atoms with E-state index in [0.717, 1.165) is 25.0 Å². The summed E-state index contributed by atoms with van der Waals surface area (Å²) < 4.78 is 5.68. The van der Waals surface area contributed by atoms with Crippen LogP contribution in [0.2, 0.25) is 0 Å². The van der Waals surface area contributed by atoms with Crippen molar-refractivity contribution in [1.29, 1.82) is 0 Å². The smallest absolute Gasteiger partial charge is 0.134 e. The van der Waals surface area contributed by atoms with Gasteiger partial charge in [0.25, 0.3) is 0 Å². The lowest BCUT2D eigenvalue weighted by atomic mass is 9.81. The van der Waals surface area contributed by atoms with Crippen molar-refractivity contribution in [3.05, 3.63) is 35.6 Å². The molecule has 20 heavy (non-hydrogen) atoms. The number of hydrogen-bond acceptors (Lipinski definition) is 2. The Balaban J connectivity index is 2.26. The van der Waals surface area contributed by atoms with Crippen LogP contribution in [0.5, 0.6) is 0 Å². The fourth-order valence-electron chi connectivity index (χ4n) is 2.40. The van der Waals surface area contributed by atoms with E-state index in [0.29, 0.717) is 6.04 Å². The Bertz CT molecular complexity index is 566. The summed E-state index contributed by atoms with van der Waals surface area (Å²) in [6, 6.07) is 7.16. The Morgan fingerprint density at radius 3 is 2.65 bits per heavy atom. The number of hydrogen-bond donors (Lipinski definition) is 1. The lowest BCUT2D eigenvalue weighted by Crippen LogP contribution is -2.24. The molecular formula is C18H27NO. The molecule has 2 nitrogen and oxygen atoms in total. The summed E-state index contributed by atoms with van der Waals surface area (Å²) in [6.07, 6.45) is 4.07. The Kier molecular flexibility index (Phi) is 4.54. The van der Waals surface area contributed by atoms with Crippen molar-refractivity contribution in [2.75, 3.05) is 6.54 Å². The monoisotopic (exact) mass is 273 g/mol. The third-order valence-corrected chi connectivity index (χ3v) is 4.27. The quantitative estimate of drug-likeness (QED) is 0.828. The fourth-order valence-corrected chi connectivity index (χ4v) is 2.40. The van der Waals surface area contributed by atoms with Crippen molar-refractivity contribution in [3.63, 3.8) is 0 Å². The van der Waals surface area contributed by atoms with Crippen LogP contribution in [-0.2, 0) is 11.8 Å². The number of fused-ring (bicyclic) bond motifs is 1. The molecule has 1 aromatic heterocycles. The summed E-state index contributed by atoms with van der Waals surface area (Å²) in [4.78, 5) is 0. The maximum absolute atomic E-state index is 5.68. The molecule has 0 aliphatic carbocycles. The predicted molar refractivity (Wildman–Crippen MR) is 86.4 cm³/mol. The maximum Gasteiger partial charge on any atom is 0.134 e. The van der Waals surface area contributed by atoms with Gasteiger partial charge in [0.05, 0.1) is 6.26 Å². The van der Waals surface area contributed by atoms with Gasteiger partial charge < -0.3 is 9.73 Å². The third kappa shape index (κ3) is 3.24. The number of rotatable bonds is 6. The fraction of sp³-hybridized carbons (Fsp3) is 0.556. The van der Waals surface area contributed by atoms with Crippen molar-refractivity contribution >= 4 is 11.0 Å². The van der Waals surface area contributed by atoms with Crippen molar-refractivity contribution in [3.8, 4) is 0 Å². The van der Waals surface area contributed by atoms with Crippen LogP contribution in [0.3, 0.4) is 0 Å². The molecule has 2 heteroatoms. The zero-order valence-electron chi connectivity index (χ0n) is 13.4. The predicted octanol–water partition coefficient (Wildman–Crippen LogP) is 4.66. The van der Waals surface area contributed by atoms with Gasteiger partial charge in [-0.25, -0.2) is 0 Å². The highest BCUT2D eigenvalue weighted by Gasteiger charge is 2.19. The molecule has 0 radical (unpaired) electrons. The van der Waals surface area contributed by atoms with Crippen LogP contribution in [0.15, 0.2) is 28.9 Å². The van der Waals surface area contributed by atoms with Gasteiger partial charge in [0, 0.05) is 11.4 Å². The minimum Gasteiger partial charge on any atom is -0.464 e. The number of furan rings is 1. The summed E-state index contributed by atoms with van der Waals surface area (Å²) in [5, 5.41) is 4.74. The van der Waals surface area contributed by atoms with E-state index in [-0.39, 0.29) is 5.41 Å². The molecule has 2 aromatic rings. The van der Waals surface area contributed by atoms with E-state index in [4.69, 9.17) is 4.42 Å². The van der Waals surface area contributed by atoms with Crippen LogP contribution < -0.4 is 5.32 Å². The molecule has 0 aliphatic rings. The SMILES string of the molecule is CCC(C)(C)c1ccc2occ(CCNC(C)C)c2c1. The Morgan fingerprint density at radius 2 is 2.00 bits per heavy atom. The first-order valence-electron chi connectivity index (χ1n) is 7.68. The van der Waals surface area contributed by atoms with Gasteiger partial charge >= 0.3 is 0 Å². The molecule has 0 unspecified atom stereocenters. The lowest BCUT2D eigenvalue weighted by Gasteiger charge is -2.23. The second-order valence-corrected chi connectivity index (χ2v) is 6.57. The molecule has 0 aliphatic heterocycles. The first-order chi connectivity index (χ1) is 9.44. The van der Waals surface area contributed by atoms with E-state index in [9.17, 15) is 0 Å². The second kappa shape index (κ2) is 6.01. The molecule has 0 spiro atoms. The van der Waals surface area contributed by atoms with Crippen LogP contribution in [-0.4, -0.2) is 12.6 Å². The number of nitrogens with one attached hydrogen (secondary N) is 1. The van der Waals surface area contributed by atoms with Crippen molar-refractivity contribution in [2.24, 2.45) is 0 Å². The molecule has 1 heterocycles. The first kappa shape index (κ1) is 15.1. The summed E-state index contributed by atoms with van der Waals surface area (Å²) >= 11 is 0. The van der Waals surface area contributed by atoms with Gasteiger partial charge in [-0.1, -0.05) is 40.7 Å². The Labute approximate surface area is 122 Å². The van der Waals surface area contributed by atoms with E-state index in [2.05, 4.69) is 58.1 Å². The van der Waals surface area contributed by atoms with E-state index in [1.165, 1.54) is 16.5 Å². The van der Waals surface area contributed by atoms with Crippen molar-refractivity contribution < 1.29 is 4.42 Å². The highest BCUT2D eigenvalue weighted by molar-refractivity contribution is 5.82. The molecule has 110 valence electrons. The van der Waals surface area contributed by atoms with E-state index in [1.54, 1.807) is 0 Å². The van der Waals surface area contributed by atoms with E-state index in [1.807, 2.05) is 6.26 Å². The second-order valence-electron chi connectivity index (χ2n) is 6.57. The Hall–Kier alpha value is -1.28. The van der Waals surface area contributed by atoms with Gasteiger partial charge in [0.15, 0.2) is 0 Å². The molecule has 1 N–H and O–H groups in total. The number of benzene rings is 1. The highest BCUT2D eigenvalue weighted by atomic mass is 16.3. The van der Waals surface area contributed by atoms with Crippen molar-refractivity contribution in [2.45, 2.75) is 58.9 Å². The molecule has 0 bridgehead atoms. The molecule has 0 atom stereocenters. The van der Waals surface area contributed by atoms with Crippen LogP contribution in [0.1, 0.15) is 52.2 Å². The molecular weight excluding hydrogens is 246 g/mol. The van der Waals surface area contributed by atoms with Crippen molar-refractivity contribution in [1.82, 2.24) is 5.32 Å². The average Bonchev–Trinajstić information content (AvgIpc) is 2.81. The zero-order chi connectivity index (χ0) is 14.8. The molecule has 2 rings (SSSR count). The topological polar surface area (TPSA) is 25.2 Å². The van der Waals surface area contributed by atoms with Gasteiger partial charge in [0.2, 0.25) is 0 Å². The van der Waals surface area contributed by atoms with Gasteiger partial charge in [-0.05, 0) is 48.1 Å². The van der Waals surface area contributed by atoms with Crippen LogP contribution in [0.4, 0.5) is 0 Å². The Morgan fingerprint density at radius 1 is 1.25 bits per heavy atom. The highest BCUT2D eigenvalue weighted by Crippen LogP contribution is 2.31. The van der Waals surface area contributed by atoms with Gasteiger partial charge in [-0.15, -0.1) is 0 Å². The molecule has 1 aromatic carbocycles. The first-order valence-corrected chi connectivity index (χ1v) is 7.68. The average molecular weight is 273 g/mol. The molecule has 0 saturated carbocycles. The minimum absolute atomic E-state index is 0.221. The van der Waals surface area contributed by atoms with Gasteiger partial charge in [-0.2, -0.15) is 0 Å². The molecule has 0 amide bonds.